The summed E-state index contributed by atoms with van der Waals surface area (Å²) in [5, 5.41) is 8.97. The maximum Gasteiger partial charge on any atom is 0.332 e. The van der Waals surface area contributed by atoms with Crippen LogP contribution in [0.2, 0.25) is 0 Å². The van der Waals surface area contributed by atoms with Gasteiger partial charge in [-0.3, -0.25) is 13.9 Å². The van der Waals surface area contributed by atoms with Crippen molar-refractivity contribution in [2.24, 2.45) is 7.05 Å². The quantitative estimate of drug-likeness (QED) is 0.251. The maximum atomic E-state index is 13.0. The molecule has 0 unspecified atom stereocenters. The highest BCUT2D eigenvalue weighted by Gasteiger charge is 2.19. The first kappa shape index (κ1) is 23.2. The van der Waals surface area contributed by atoms with E-state index in [9.17, 15) is 9.59 Å². The molecule has 3 heterocycles. The van der Waals surface area contributed by atoms with Crippen LogP contribution in [0, 0.1) is 0 Å². The van der Waals surface area contributed by atoms with Crippen molar-refractivity contribution in [3.05, 3.63) is 38.4 Å². The average Bonchev–Trinajstić information content (AvgIpc) is 3.24. The summed E-state index contributed by atoms with van der Waals surface area (Å²) in [6.45, 7) is 6.60. The van der Waals surface area contributed by atoms with E-state index < -0.39 is 0 Å². The molecule has 0 radical (unpaired) electrons. The molecule has 0 N–H and O–H groups in total. The van der Waals surface area contributed by atoms with E-state index in [0.29, 0.717) is 58.8 Å². The first-order valence-corrected chi connectivity index (χ1v) is 11.9. The van der Waals surface area contributed by atoms with Gasteiger partial charge in [-0.2, -0.15) is 0 Å². The summed E-state index contributed by atoms with van der Waals surface area (Å²) < 4.78 is 8.32. The minimum Gasteiger partial charge on any atom is -0.424 e. The predicted octanol–water partition coefficient (Wildman–Crippen LogP) is 3.26. The number of unbranched alkanes of at least 4 members (excludes halogenated alkanes) is 3. The highest BCUT2D eigenvalue weighted by Crippen LogP contribution is 2.26. The second kappa shape index (κ2) is 10.7. The van der Waals surface area contributed by atoms with Crippen LogP contribution >= 0.6 is 11.8 Å². The van der Waals surface area contributed by atoms with Gasteiger partial charge in [-0.15, -0.1) is 10.2 Å². The van der Waals surface area contributed by atoms with E-state index in [1.807, 2.05) is 13.8 Å². The zero-order chi connectivity index (χ0) is 22.4. The van der Waals surface area contributed by atoms with Crippen LogP contribution in [0.15, 0.2) is 19.0 Å². The Bertz CT molecular complexity index is 1150. The number of hydrogen-bond acceptors (Lipinski definition) is 8. The number of nitrogens with zero attached hydrogens (tertiary/aromatic N) is 6. The summed E-state index contributed by atoms with van der Waals surface area (Å²) in [6, 6.07) is 0. The van der Waals surface area contributed by atoms with Gasteiger partial charge in [-0.05, 0) is 12.8 Å². The van der Waals surface area contributed by atoms with Gasteiger partial charge < -0.3 is 4.42 Å². The van der Waals surface area contributed by atoms with Gasteiger partial charge in [0.15, 0.2) is 5.65 Å². The molecule has 0 amide bonds. The van der Waals surface area contributed by atoms with Gasteiger partial charge in [0, 0.05) is 26.4 Å². The SMILES string of the molecule is CCCCCCc1nc(SCc2nnc(CC)o2)c2c(=O)n(C)c(=O)n(CCC)c2n1. The molecule has 0 aromatic carbocycles. The van der Waals surface area contributed by atoms with Crippen molar-refractivity contribution < 1.29 is 4.42 Å². The molecule has 0 aliphatic rings. The lowest BCUT2D eigenvalue weighted by molar-refractivity contribution is 0.470. The van der Waals surface area contributed by atoms with Crippen LogP contribution in [0.5, 0.6) is 0 Å². The average molecular weight is 447 g/mol. The first-order valence-electron chi connectivity index (χ1n) is 10.9. The summed E-state index contributed by atoms with van der Waals surface area (Å²) in [4.78, 5) is 35.1. The molecule has 3 rings (SSSR count). The van der Waals surface area contributed by atoms with Crippen molar-refractivity contribution >= 4 is 22.8 Å². The fraction of sp³-hybridized carbons (Fsp3) is 0.619. The molecule has 9 nitrogen and oxygen atoms in total. The normalized spacial score (nSPS) is 11.5. The third kappa shape index (κ3) is 5.23. The van der Waals surface area contributed by atoms with Crippen molar-refractivity contribution in [1.29, 1.82) is 0 Å². The lowest BCUT2D eigenvalue weighted by atomic mass is 10.1. The highest BCUT2D eigenvalue weighted by atomic mass is 32.2. The zero-order valence-electron chi connectivity index (χ0n) is 18.7. The molecule has 0 saturated carbocycles. The number of thioether (sulfide) groups is 1. The Labute approximate surface area is 185 Å². The Morgan fingerprint density at radius 1 is 0.968 bits per heavy atom. The first-order chi connectivity index (χ1) is 15.0. The Morgan fingerprint density at radius 2 is 1.74 bits per heavy atom. The van der Waals surface area contributed by atoms with Crippen molar-refractivity contribution in [3.63, 3.8) is 0 Å². The number of fused-ring (bicyclic) bond motifs is 1. The Hall–Kier alpha value is -2.49. The number of rotatable bonds is 11. The summed E-state index contributed by atoms with van der Waals surface area (Å²) in [6.07, 6.45) is 6.51. The minimum absolute atomic E-state index is 0.351. The Kier molecular flexibility index (Phi) is 8.00. The minimum atomic E-state index is -0.382. The van der Waals surface area contributed by atoms with E-state index in [4.69, 9.17) is 9.40 Å². The van der Waals surface area contributed by atoms with E-state index in [2.05, 4.69) is 22.1 Å². The summed E-state index contributed by atoms with van der Waals surface area (Å²) >= 11 is 1.36. The molecule has 3 aromatic rings. The van der Waals surface area contributed by atoms with Crippen molar-refractivity contribution in [3.8, 4) is 0 Å². The molecule has 0 aliphatic heterocycles. The molecular weight excluding hydrogens is 416 g/mol. The molecule has 0 aliphatic carbocycles. The molecule has 0 atom stereocenters. The smallest absolute Gasteiger partial charge is 0.332 e. The topological polar surface area (TPSA) is 109 Å². The van der Waals surface area contributed by atoms with Crippen molar-refractivity contribution in [2.75, 3.05) is 0 Å². The lowest BCUT2D eigenvalue weighted by Crippen LogP contribution is -2.39. The van der Waals surface area contributed by atoms with Crippen LogP contribution in [-0.2, 0) is 32.2 Å². The van der Waals surface area contributed by atoms with Gasteiger partial charge in [-0.1, -0.05) is 51.8 Å². The molecule has 0 saturated heterocycles. The predicted molar refractivity (Wildman–Crippen MR) is 120 cm³/mol. The third-order valence-corrected chi connectivity index (χ3v) is 6.00. The molecule has 0 bridgehead atoms. The molecule has 168 valence electrons. The fourth-order valence-corrected chi connectivity index (χ4v) is 4.22. The summed E-state index contributed by atoms with van der Waals surface area (Å²) in [5.41, 5.74) is -0.319. The fourth-order valence-electron chi connectivity index (χ4n) is 3.35. The summed E-state index contributed by atoms with van der Waals surface area (Å²) in [7, 11) is 1.49. The van der Waals surface area contributed by atoms with E-state index in [1.54, 1.807) is 4.57 Å². The molecular formula is C21H30N6O3S. The second-order valence-corrected chi connectivity index (χ2v) is 8.45. The lowest BCUT2D eigenvalue weighted by Gasteiger charge is -2.13. The molecule has 10 heteroatoms. The molecule has 3 aromatic heterocycles. The van der Waals surface area contributed by atoms with Gasteiger partial charge in [0.05, 0.1) is 5.75 Å². The van der Waals surface area contributed by atoms with E-state index in [1.165, 1.54) is 18.8 Å². The number of aryl methyl sites for hydroxylation is 3. The molecule has 0 fully saturated rings. The number of hydrogen-bond donors (Lipinski definition) is 0. The zero-order valence-corrected chi connectivity index (χ0v) is 19.5. The van der Waals surface area contributed by atoms with Crippen molar-refractivity contribution in [1.82, 2.24) is 29.3 Å². The second-order valence-electron chi connectivity index (χ2n) is 7.48. The largest absolute Gasteiger partial charge is 0.424 e. The molecule has 31 heavy (non-hydrogen) atoms. The standard InChI is InChI=1S/C21H30N6O3S/c1-5-8-9-10-11-14-22-18-17(20(28)26(4)21(29)27(18)12-6-2)19(23-14)31-13-16-25-24-15(7-3)30-16/h5-13H2,1-4H3. The van der Waals surface area contributed by atoms with E-state index in [0.717, 1.165) is 36.7 Å². The van der Waals surface area contributed by atoms with Gasteiger partial charge in [0.25, 0.3) is 5.56 Å². The maximum absolute atomic E-state index is 13.0. The van der Waals surface area contributed by atoms with Crippen LogP contribution in [0.3, 0.4) is 0 Å². The Balaban J connectivity index is 2.07. The number of aromatic nitrogens is 6. The van der Waals surface area contributed by atoms with Crippen LogP contribution < -0.4 is 11.2 Å². The van der Waals surface area contributed by atoms with Gasteiger partial charge >= 0.3 is 5.69 Å². The van der Waals surface area contributed by atoms with Gasteiger partial charge in [0.1, 0.15) is 16.2 Å². The monoisotopic (exact) mass is 446 g/mol. The van der Waals surface area contributed by atoms with Crippen LogP contribution in [-0.4, -0.2) is 29.3 Å². The Morgan fingerprint density at radius 3 is 2.42 bits per heavy atom. The van der Waals surface area contributed by atoms with Gasteiger partial charge in [-0.25, -0.2) is 14.8 Å². The van der Waals surface area contributed by atoms with Crippen molar-refractivity contribution in [2.45, 2.75) is 83.0 Å². The van der Waals surface area contributed by atoms with E-state index >= 15 is 0 Å². The van der Waals surface area contributed by atoms with E-state index in [-0.39, 0.29) is 11.2 Å². The third-order valence-electron chi connectivity index (χ3n) is 5.04. The van der Waals surface area contributed by atoms with Crippen LogP contribution in [0.4, 0.5) is 0 Å². The molecule has 0 spiro atoms. The highest BCUT2D eigenvalue weighted by molar-refractivity contribution is 7.98. The van der Waals surface area contributed by atoms with Crippen LogP contribution in [0.1, 0.15) is 70.5 Å². The summed E-state index contributed by atoms with van der Waals surface area (Å²) in [5.74, 6) is 2.11. The van der Waals surface area contributed by atoms with Crippen LogP contribution in [0.25, 0.3) is 11.0 Å². The van der Waals surface area contributed by atoms with Gasteiger partial charge in [0.2, 0.25) is 11.8 Å².